The Morgan fingerprint density at radius 1 is 1.00 bits per heavy atom. The maximum Gasteiger partial charge on any atom is 1.00 e. The van der Waals surface area contributed by atoms with Gasteiger partial charge in [0.2, 0.25) is 0 Å². The van der Waals surface area contributed by atoms with Crippen molar-refractivity contribution < 1.29 is 77.5 Å². The zero-order valence-electron chi connectivity index (χ0n) is 7.96. The maximum atomic E-state index is 12.2. The van der Waals surface area contributed by atoms with Crippen LogP contribution in [0.1, 0.15) is 5.56 Å². The second kappa shape index (κ2) is 5.75. The Balaban J connectivity index is 0.00000225. The summed E-state index contributed by atoms with van der Waals surface area (Å²) in [4.78, 5) is 0. The molecule has 1 rings (SSSR count). The van der Waals surface area contributed by atoms with Crippen LogP contribution in [0.25, 0.3) is 0 Å². The van der Waals surface area contributed by atoms with Gasteiger partial charge in [-0.3, -0.25) is 0 Å². The number of rotatable bonds is 1. The number of hydrogen-bond donors (Lipinski definition) is 0. The van der Waals surface area contributed by atoms with Gasteiger partial charge in [0.1, 0.15) is 0 Å². The van der Waals surface area contributed by atoms with Crippen molar-refractivity contribution in [1.82, 2.24) is 0 Å². The zero-order chi connectivity index (χ0) is 11.9. The van der Waals surface area contributed by atoms with E-state index in [2.05, 4.69) is 15.9 Å². The van der Waals surface area contributed by atoms with Crippen molar-refractivity contribution in [1.29, 1.82) is 0 Å². The summed E-state index contributed by atoms with van der Waals surface area (Å²) >= 11 is 2.61. The molecule has 84 valence electrons. The number of benzene rings is 1. The van der Waals surface area contributed by atoms with E-state index in [0.29, 0.717) is 12.1 Å². The summed E-state index contributed by atoms with van der Waals surface area (Å²) in [5.74, 6) is 0. The van der Waals surface area contributed by atoms with Crippen LogP contribution in [0.2, 0.25) is 0 Å². The van der Waals surface area contributed by atoms with E-state index in [4.69, 9.17) is 0 Å². The van der Waals surface area contributed by atoms with Gasteiger partial charge in [0.25, 0.3) is 0 Å². The minimum atomic E-state index is -5.43. The quantitative estimate of drug-likeness (QED) is 0.520. The Morgan fingerprint density at radius 2 is 1.50 bits per heavy atom. The molecule has 1 aromatic carbocycles. The number of hydrogen-bond acceptors (Lipinski definition) is 0. The van der Waals surface area contributed by atoms with E-state index < -0.39 is 24.2 Å². The van der Waals surface area contributed by atoms with E-state index in [9.17, 15) is 26.1 Å². The van der Waals surface area contributed by atoms with Crippen LogP contribution in [0.3, 0.4) is 0 Å². The molecule has 0 atom stereocenters. The molecular formula is C7H3BBrF6K. The predicted molar refractivity (Wildman–Crippen MR) is 47.9 cm³/mol. The minimum Gasteiger partial charge on any atom is -0.445 e. The van der Waals surface area contributed by atoms with Crippen LogP contribution < -0.4 is 56.8 Å². The fourth-order valence-electron chi connectivity index (χ4n) is 0.965. The van der Waals surface area contributed by atoms with Crippen molar-refractivity contribution in [2.45, 2.75) is 6.18 Å². The summed E-state index contributed by atoms with van der Waals surface area (Å²) in [6, 6.07) is 1.32. The van der Waals surface area contributed by atoms with E-state index >= 15 is 0 Å². The Hall–Kier alpha value is 0.981. The van der Waals surface area contributed by atoms with Crippen molar-refractivity contribution in [2.24, 2.45) is 0 Å². The van der Waals surface area contributed by atoms with Crippen molar-refractivity contribution in [3.8, 4) is 0 Å². The minimum absolute atomic E-state index is 0. The Bertz CT molecular complexity index is 342. The van der Waals surface area contributed by atoms with E-state index in [1.165, 1.54) is 0 Å². The summed E-state index contributed by atoms with van der Waals surface area (Å²) in [5.41, 5.74) is -2.58. The Kier molecular flexibility index (Phi) is 6.10. The maximum absolute atomic E-state index is 12.2. The summed E-state index contributed by atoms with van der Waals surface area (Å²) in [6.07, 6.45) is -4.78. The molecule has 0 radical (unpaired) electrons. The molecule has 0 saturated carbocycles. The molecule has 0 aliphatic carbocycles. The molecule has 0 aromatic heterocycles. The molecular weight excluding hydrogens is 328 g/mol. The SMILES string of the molecule is F[B-](F)(F)c1cc(Br)cc(C(F)(F)F)c1.[K+]. The zero-order valence-corrected chi connectivity index (χ0v) is 12.7. The van der Waals surface area contributed by atoms with Crippen LogP contribution in [0, 0.1) is 0 Å². The molecule has 0 aliphatic rings. The molecule has 0 bridgehead atoms. The van der Waals surface area contributed by atoms with Gasteiger partial charge in [-0.1, -0.05) is 28.1 Å². The smallest absolute Gasteiger partial charge is 0.445 e. The van der Waals surface area contributed by atoms with E-state index in [0.717, 1.165) is 0 Å². The first-order valence-corrected chi connectivity index (χ1v) is 4.47. The molecule has 0 spiro atoms. The van der Waals surface area contributed by atoms with Gasteiger partial charge in [-0.15, -0.1) is 5.46 Å². The fraction of sp³-hybridized carbons (Fsp3) is 0.143. The van der Waals surface area contributed by atoms with Crippen molar-refractivity contribution >= 4 is 28.4 Å². The second-order valence-corrected chi connectivity index (χ2v) is 3.76. The van der Waals surface area contributed by atoms with Crippen LogP contribution in [0.15, 0.2) is 22.7 Å². The molecule has 16 heavy (non-hydrogen) atoms. The summed E-state index contributed by atoms with van der Waals surface area (Å²) in [6.45, 7) is -5.43. The van der Waals surface area contributed by atoms with Gasteiger partial charge in [-0.25, -0.2) is 0 Å². The average molecular weight is 331 g/mol. The van der Waals surface area contributed by atoms with E-state index in [-0.39, 0.29) is 61.9 Å². The molecule has 0 N–H and O–H groups in total. The molecule has 0 fully saturated rings. The summed E-state index contributed by atoms with van der Waals surface area (Å²) in [5, 5.41) is 0. The van der Waals surface area contributed by atoms with Gasteiger partial charge in [0.05, 0.1) is 5.56 Å². The third-order valence-corrected chi connectivity index (χ3v) is 2.08. The van der Waals surface area contributed by atoms with Gasteiger partial charge in [-0.05, 0) is 6.07 Å². The van der Waals surface area contributed by atoms with Gasteiger partial charge in [0, 0.05) is 4.47 Å². The number of halogens is 7. The standard InChI is InChI=1S/C7H3BBrF6.K/c9-6-2-4(7(10,11)12)1-5(3-6)8(13,14)15;/h1-3H;/q-1;+1. The van der Waals surface area contributed by atoms with Crippen molar-refractivity contribution in [3.63, 3.8) is 0 Å². The molecule has 0 heterocycles. The number of alkyl halides is 3. The third-order valence-electron chi connectivity index (χ3n) is 1.63. The van der Waals surface area contributed by atoms with Gasteiger partial charge in [-0.2, -0.15) is 13.2 Å². The molecule has 0 nitrogen and oxygen atoms in total. The summed E-state index contributed by atoms with van der Waals surface area (Å²) in [7, 11) is 0. The first-order valence-electron chi connectivity index (χ1n) is 3.68. The van der Waals surface area contributed by atoms with Crippen molar-refractivity contribution in [2.75, 3.05) is 0 Å². The molecule has 0 aliphatic heterocycles. The second-order valence-electron chi connectivity index (χ2n) is 2.85. The van der Waals surface area contributed by atoms with E-state index in [1.54, 1.807) is 0 Å². The third kappa shape index (κ3) is 4.69. The van der Waals surface area contributed by atoms with Crippen LogP contribution >= 0.6 is 15.9 Å². The van der Waals surface area contributed by atoms with Gasteiger partial charge < -0.3 is 12.9 Å². The van der Waals surface area contributed by atoms with Crippen LogP contribution in [-0.2, 0) is 6.18 Å². The molecule has 1 aromatic rings. The summed E-state index contributed by atoms with van der Waals surface area (Å²) < 4.78 is 72.9. The van der Waals surface area contributed by atoms with Crippen LogP contribution in [-0.4, -0.2) is 6.98 Å². The Morgan fingerprint density at radius 3 is 1.88 bits per heavy atom. The normalized spacial score (nSPS) is 12.2. The fourth-order valence-corrected chi connectivity index (χ4v) is 1.48. The average Bonchev–Trinajstić information content (AvgIpc) is 1.99. The largest absolute Gasteiger partial charge is 1.00 e. The first-order chi connectivity index (χ1) is 6.60. The predicted octanol–water partition coefficient (Wildman–Crippen LogP) is 0.526. The molecule has 9 heteroatoms. The first kappa shape index (κ1) is 17.0. The molecule has 0 unspecified atom stereocenters. The molecule has 0 saturated heterocycles. The van der Waals surface area contributed by atoms with Gasteiger partial charge >= 0.3 is 64.5 Å². The molecule has 0 amide bonds. The van der Waals surface area contributed by atoms with Gasteiger partial charge in [0.15, 0.2) is 0 Å². The Labute approximate surface area is 138 Å². The van der Waals surface area contributed by atoms with Crippen LogP contribution in [0.5, 0.6) is 0 Å². The van der Waals surface area contributed by atoms with Crippen molar-refractivity contribution in [3.05, 3.63) is 28.2 Å². The van der Waals surface area contributed by atoms with E-state index in [1.807, 2.05) is 0 Å². The van der Waals surface area contributed by atoms with Crippen LogP contribution in [0.4, 0.5) is 26.1 Å². The topological polar surface area (TPSA) is 0 Å². The monoisotopic (exact) mass is 330 g/mol.